The van der Waals surface area contributed by atoms with Crippen LogP contribution in [0, 0.1) is 6.92 Å². The van der Waals surface area contributed by atoms with Crippen LogP contribution in [-0.2, 0) is 16.7 Å². The first kappa shape index (κ1) is 30.7. The Kier molecular flexibility index (Phi) is 8.96. The maximum Gasteiger partial charge on any atom is 0.293 e. The van der Waals surface area contributed by atoms with Gasteiger partial charge in [-0.05, 0) is 72.9 Å². The molecule has 44 heavy (non-hydrogen) atoms. The molecule has 228 valence electrons. The predicted octanol–water partition coefficient (Wildman–Crippen LogP) is 6.00. The van der Waals surface area contributed by atoms with E-state index in [1.807, 2.05) is 56.3 Å². The van der Waals surface area contributed by atoms with Gasteiger partial charge in [-0.2, -0.15) is 0 Å². The summed E-state index contributed by atoms with van der Waals surface area (Å²) in [5.74, 6) is -0.0721. The number of hydrogen-bond donors (Lipinski definition) is 2. The van der Waals surface area contributed by atoms with Crippen LogP contribution in [0.1, 0.15) is 59.5 Å². The van der Waals surface area contributed by atoms with Crippen molar-refractivity contribution < 1.29 is 14.3 Å². The summed E-state index contributed by atoms with van der Waals surface area (Å²) < 4.78 is 6.94. The third kappa shape index (κ3) is 6.73. The van der Waals surface area contributed by atoms with E-state index in [1.165, 1.54) is 0 Å². The zero-order valence-electron chi connectivity index (χ0n) is 25.9. The minimum Gasteiger partial charge on any atom is -0.378 e. The van der Waals surface area contributed by atoms with Crippen molar-refractivity contribution in [2.45, 2.75) is 46.6 Å². The highest BCUT2D eigenvalue weighted by Crippen LogP contribution is 2.29. The fraction of sp³-hybridized carbons (Fsp3) is 0.314. The SMILES string of the molecule is CCn1cc(-c2cccc(NC(=O)c3ccc(C(C)(C)C)cc3)c2C)nc(Nc2ccc(C(=O)N3CCOCC3)cc2)c1=O. The van der Waals surface area contributed by atoms with E-state index in [4.69, 9.17) is 9.72 Å². The van der Waals surface area contributed by atoms with E-state index in [9.17, 15) is 14.4 Å². The van der Waals surface area contributed by atoms with Crippen molar-refractivity contribution in [1.29, 1.82) is 0 Å². The van der Waals surface area contributed by atoms with Crippen molar-refractivity contribution in [1.82, 2.24) is 14.5 Å². The molecule has 0 bridgehead atoms. The summed E-state index contributed by atoms with van der Waals surface area (Å²) >= 11 is 0. The Morgan fingerprint density at radius 3 is 2.23 bits per heavy atom. The Balaban J connectivity index is 1.38. The van der Waals surface area contributed by atoms with Gasteiger partial charge in [0.05, 0.1) is 18.9 Å². The van der Waals surface area contributed by atoms with Crippen LogP contribution in [-0.4, -0.2) is 52.6 Å². The summed E-state index contributed by atoms with van der Waals surface area (Å²) in [5.41, 5.74) is 5.57. The van der Waals surface area contributed by atoms with Gasteiger partial charge in [-0.1, -0.05) is 45.0 Å². The molecule has 2 N–H and O–H groups in total. The van der Waals surface area contributed by atoms with Crippen LogP contribution >= 0.6 is 0 Å². The molecule has 1 saturated heterocycles. The molecule has 2 heterocycles. The first-order valence-corrected chi connectivity index (χ1v) is 14.9. The van der Waals surface area contributed by atoms with Gasteiger partial charge in [-0.3, -0.25) is 14.4 Å². The van der Waals surface area contributed by atoms with E-state index in [-0.39, 0.29) is 28.6 Å². The molecular weight excluding hydrogens is 554 g/mol. The smallest absolute Gasteiger partial charge is 0.293 e. The number of nitrogens with zero attached hydrogens (tertiary/aromatic N) is 3. The van der Waals surface area contributed by atoms with E-state index < -0.39 is 0 Å². The highest BCUT2D eigenvalue weighted by Gasteiger charge is 2.19. The van der Waals surface area contributed by atoms with Gasteiger partial charge in [0.2, 0.25) is 0 Å². The van der Waals surface area contributed by atoms with Crippen LogP contribution in [0.15, 0.2) is 77.7 Å². The number of nitrogens with one attached hydrogen (secondary N) is 2. The number of benzene rings is 3. The number of ether oxygens (including phenoxy) is 1. The van der Waals surface area contributed by atoms with Gasteiger partial charge in [-0.15, -0.1) is 0 Å². The zero-order valence-corrected chi connectivity index (χ0v) is 25.9. The Morgan fingerprint density at radius 2 is 1.59 bits per heavy atom. The van der Waals surface area contributed by atoms with E-state index in [2.05, 4.69) is 31.4 Å². The Bertz CT molecular complexity index is 1710. The van der Waals surface area contributed by atoms with Crippen molar-refractivity contribution >= 4 is 29.0 Å². The average Bonchev–Trinajstić information content (AvgIpc) is 3.03. The summed E-state index contributed by atoms with van der Waals surface area (Å²) in [5, 5.41) is 6.18. The number of anilines is 3. The average molecular weight is 594 g/mol. The highest BCUT2D eigenvalue weighted by atomic mass is 16.5. The first-order chi connectivity index (χ1) is 21.0. The lowest BCUT2D eigenvalue weighted by atomic mass is 9.86. The van der Waals surface area contributed by atoms with Crippen molar-refractivity contribution in [3.63, 3.8) is 0 Å². The van der Waals surface area contributed by atoms with Gasteiger partial charge in [0, 0.05) is 53.9 Å². The topological polar surface area (TPSA) is 106 Å². The molecule has 4 aromatic rings. The second kappa shape index (κ2) is 12.9. The van der Waals surface area contributed by atoms with Crippen molar-refractivity contribution in [2.24, 2.45) is 0 Å². The monoisotopic (exact) mass is 593 g/mol. The summed E-state index contributed by atoms with van der Waals surface area (Å²) in [6.45, 7) is 12.9. The molecule has 0 spiro atoms. The third-order valence-electron chi connectivity index (χ3n) is 7.88. The van der Waals surface area contributed by atoms with E-state index in [0.717, 1.165) is 16.7 Å². The van der Waals surface area contributed by atoms with Gasteiger partial charge in [-0.25, -0.2) is 4.98 Å². The molecule has 0 aliphatic carbocycles. The molecule has 1 fully saturated rings. The fourth-order valence-electron chi connectivity index (χ4n) is 5.13. The maximum atomic E-state index is 13.2. The number of morpholine rings is 1. The molecule has 5 rings (SSSR count). The molecule has 2 amide bonds. The summed E-state index contributed by atoms with van der Waals surface area (Å²) in [6.07, 6.45) is 1.73. The van der Waals surface area contributed by atoms with Crippen LogP contribution < -0.4 is 16.2 Å². The lowest BCUT2D eigenvalue weighted by Crippen LogP contribution is -2.40. The van der Waals surface area contributed by atoms with Crippen molar-refractivity contribution in [3.05, 3.63) is 106 Å². The van der Waals surface area contributed by atoms with Crippen LogP contribution in [0.3, 0.4) is 0 Å². The van der Waals surface area contributed by atoms with Gasteiger partial charge in [0.15, 0.2) is 5.82 Å². The summed E-state index contributed by atoms with van der Waals surface area (Å²) in [7, 11) is 0. The molecule has 0 unspecified atom stereocenters. The predicted molar refractivity (Wildman–Crippen MR) is 174 cm³/mol. The number of hydrogen-bond acceptors (Lipinski definition) is 6. The van der Waals surface area contributed by atoms with E-state index in [1.54, 1.807) is 39.9 Å². The molecule has 0 atom stereocenters. The molecular formula is C35H39N5O4. The van der Waals surface area contributed by atoms with Crippen LogP contribution in [0.25, 0.3) is 11.3 Å². The Morgan fingerprint density at radius 1 is 0.932 bits per heavy atom. The van der Waals surface area contributed by atoms with E-state index >= 15 is 0 Å². The number of carbonyl (C=O) groups excluding carboxylic acids is 2. The molecule has 1 aliphatic heterocycles. The van der Waals surface area contributed by atoms with Crippen LogP contribution in [0.2, 0.25) is 0 Å². The molecule has 9 heteroatoms. The second-order valence-electron chi connectivity index (χ2n) is 11.9. The van der Waals surface area contributed by atoms with Crippen LogP contribution in [0.4, 0.5) is 17.2 Å². The minimum atomic E-state index is -0.259. The Hall–Kier alpha value is -4.76. The number of rotatable bonds is 7. The maximum absolute atomic E-state index is 13.2. The highest BCUT2D eigenvalue weighted by molar-refractivity contribution is 6.05. The summed E-state index contributed by atoms with van der Waals surface area (Å²) in [4.78, 5) is 45.6. The number of carbonyl (C=O) groups is 2. The van der Waals surface area contributed by atoms with Gasteiger partial charge >= 0.3 is 0 Å². The number of aryl methyl sites for hydroxylation is 1. The number of amides is 2. The second-order valence-corrected chi connectivity index (χ2v) is 11.9. The molecule has 1 aromatic heterocycles. The molecule has 3 aromatic carbocycles. The normalized spacial score (nSPS) is 13.4. The quantitative estimate of drug-likeness (QED) is 0.272. The molecule has 9 nitrogen and oxygen atoms in total. The minimum absolute atomic E-state index is 0.00115. The largest absolute Gasteiger partial charge is 0.378 e. The third-order valence-corrected chi connectivity index (χ3v) is 7.88. The van der Waals surface area contributed by atoms with Gasteiger partial charge in [0.1, 0.15) is 0 Å². The van der Waals surface area contributed by atoms with Gasteiger partial charge in [0.25, 0.3) is 17.4 Å². The first-order valence-electron chi connectivity index (χ1n) is 14.9. The van der Waals surface area contributed by atoms with Crippen molar-refractivity contribution in [2.75, 3.05) is 36.9 Å². The fourth-order valence-corrected chi connectivity index (χ4v) is 5.13. The standard InChI is InChI=1S/C35H39N5O4/c1-6-39-22-30(28-8-7-9-29(23(28)2)38-32(41)24-10-14-26(15-11-24)35(3,4)5)37-31(34(39)43)36-27-16-12-25(13-17-27)33(42)40-18-20-44-21-19-40/h7-17,22H,6,18-21H2,1-5H3,(H,36,37)(H,38,41). The lowest BCUT2D eigenvalue weighted by Gasteiger charge is -2.26. The summed E-state index contributed by atoms with van der Waals surface area (Å²) in [6, 6.07) is 20.3. The van der Waals surface area contributed by atoms with E-state index in [0.29, 0.717) is 61.0 Å². The zero-order chi connectivity index (χ0) is 31.4. The number of aromatic nitrogens is 2. The Labute approximate surface area is 257 Å². The lowest BCUT2D eigenvalue weighted by molar-refractivity contribution is 0.0303. The molecule has 1 aliphatic rings. The van der Waals surface area contributed by atoms with Crippen molar-refractivity contribution in [3.8, 4) is 11.3 Å². The van der Waals surface area contributed by atoms with Gasteiger partial charge < -0.3 is 24.8 Å². The van der Waals surface area contributed by atoms with Crippen LogP contribution in [0.5, 0.6) is 0 Å². The molecule has 0 radical (unpaired) electrons. The molecule has 0 saturated carbocycles.